The van der Waals surface area contributed by atoms with Gasteiger partial charge in [0.2, 0.25) is 0 Å². The topological polar surface area (TPSA) is 46.9 Å². The summed E-state index contributed by atoms with van der Waals surface area (Å²) in [6.45, 7) is 1.25. The van der Waals surface area contributed by atoms with E-state index in [1.807, 2.05) is 18.2 Å². The van der Waals surface area contributed by atoms with Gasteiger partial charge in [-0.15, -0.1) is 0 Å². The van der Waals surface area contributed by atoms with Crippen LogP contribution in [-0.4, -0.2) is 21.2 Å². The van der Waals surface area contributed by atoms with E-state index < -0.39 is 0 Å². The molecular weight excluding hydrogens is 337 g/mol. The van der Waals surface area contributed by atoms with E-state index in [9.17, 15) is 9.18 Å². The fourth-order valence-corrected chi connectivity index (χ4v) is 3.88. The Bertz CT molecular complexity index is 906. The molecule has 1 aliphatic rings. The molecule has 3 aromatic rings. The Hall–Kier alpha value is -2.60. The Balaban J connectivity index is 1.62. The molecule has 4 rings (SSSR count). The lowest BCUT2D eigenvalue weighted by Crippen LogP contribution is -2.24. The number of hydrogen-bond acceptors (Lipinski definition) is 3. The van der Waals surface area contributed by atoms with Crippen LogP contribution >= 0.6 is 11.8 Å². The van der Waals surface area contributed by atoms with E-state index in [1.165, 1.54) is 12.1 Å². The van der Waals surface area contributed by atoms with Crippen molar-refractivity contribution in [2.45, 2.75) is 18.2 Å². The standard InChI is InChI=1S/C19H16FN3OS/c20-15-8-6-13(7-9-15)17-16(23-10-11-25-19(23)22-17)12-21-18(24)14-4-2-1-3-5-14/h1-9H,10-12H2,(H,21,24). The highest BCUT2D eigenvalue weighted by atomic mass is 32.2. The second-order valence-electron chi connectivity index (χ2n) is 5.75. The minimum Gasteiger partial charge on any atom is -0.346 e. The van der Waals surface area contributed by atoms with Gasteiger partial charge in [0.15, 0.2) is 5.16 Å². The Morgan fingerprint density at radius 2 is 1.92 bits per heavy atom. The summed E-state index contributed by atoms with van der Waals surface area (Å²) in [5.74, 6) is 0.585. The highest BCUT2D eigenvalue weighted by Crippen LogP contribution is 2.33. The molecule has 1 N–H and O–H groups in total. The lowest BCUT2D eigenvalue weighted by atomic mass is 10.1. The van der Waals surface area contributed by atoms with Crippen LogP contribution in [0.4, 0.5) is 4.39 Å². The second-order valence-corrected chi connectivity index (χ2v) is 6.81. The highest BCUT2D eigenvalue weighted by molar-refractivity contribution is 7.99. The summed E-state index contributed by atoms with van der Waals surface area (Å²) in [7, 11) is 0. The van der Waals surface area contributed by atoms with Crippen LogP contribution in [0.2, 0.25) is 0 Å². The SMILES string of the molecule is O=C(NCc1c(-c2ccc(F)cc2)nc2n1CCS2)c1ccccc1. The van der Waals surface area contributed by atoms with Crippen molar-refractivity contribution in [3.8, 4) is 11.3 Å². The number of aromatic nitrogens is 2. The fourth-order valence-electron chi connectivity index (χ4n) is 2.91. The number of carbonyl (C=O) groups excluding carboxylic acids is 1. The van der Waals surface area contributed by atoms with E-state index in [4.69, 9.17) is 4.98 Å². The molecule has 2 aromatic carbocycles. The summed E-state index contributed by atoms with van der Waals surface area (Å²) in [6, 6.07) is 15.4. The lowest BCUT2D eigenvalue weighted by molar-refractivity contribution is 0.0950. The molecule has 0 aliphatic carbocycles. The van der Waals surface area contributed by atoms with E-state index in [0.717, 1.165) is 34.4 Å². The van der Waals surface area contributed by atoms with Crippen LogP contribution in [-0.2, 0) is 13.1 Å². The lowest BCUT2D eigenvalue weighted by Gasteiger charge is -2.10. The fraction of sp³-hybridized carbons (Fsp3) is 0.158. The van der Waals surface area contributed by atoms with Crippen LogP contribution in [0.3, 0.4) is 0 Å². The van der Waals surface area contributed by atoms with Crippen molar-refractivity contribution in [3.05, 3.63) is 71.7 Å². The van der Waals surface area contributed by atoms with Gasteiger partial charge in [-0.05, 0) is 36.4 Å². The van der Waals surface area contributed by atoms with Crippen LogP contribution < -0.4 is 5.32 Å². The van der Waals surface area contributed by atoms with Gasteiger partial charge in [-0.3, -0.25) is 4.79 Å². The number of halogens is 1. The normalized spacial score (nSPS) is 12.8. The number of rotatable bonds is 4. The van der Waals surface area contributed by atoms with Crippen molar-refractivity contribution < 1.29 is 9.18 Å². The van der Waals surface area contributed by atoms with Crippen molar-refractivity contribution in [1.29, 1.82) is 0 Å². The van der Waals surface area contributed by atoms with E-state index >= 15 is 0 Å². The zero-order valence-electron chi connectivity index (χ0n) is 13.4. The third kappa shape index (κ3) is 3.17. The van der Waals surface area contributed by atoms with Gasteiger partial charge in [0.1, 0.15) is 5.82 Å². The summed E-state index contributed by atoms with van der Waals surface area (Å²) < 4.78 is 15.4. The molecular formula is C19H16FN3OS. The van der Waals surface area contributed by atoms with Gasteiger partial charge in [-0.1, -0.05) is 30.0 Å². The van der Waals surface area contributed by atoms with Crippen molar-refractivity contribution >= 4 is 17.7 Å². The molecule has 4 nitrogen and oxygen atoms in total. The number of carbonyl (C=O) groups is 1. The average molecular weight is 353 g/mol. The molecule has 0 spiro atoms. The zero-order chi connectivity index (χ0) is 17.2. The number of imidazole rings is 1. The predicted molar refractivity (Wildman–Crippen MR) is 96.0 cm³/mol. The molecule has 0 fully saturated rings. The zero-order valence-corrected chi connectivity index (χ0v) is 14.2. The number of nitrogens with one attached hydrogen (secondary N) is 1. The second kappa shape index (κ2) is 6.72. The Morgan fingerprint density at radius 1 is 1.16 bits per heavy atom. The predicted octanol–water partition coefficient (Wildman–Crippen LogP) is 3.72. The first-order chi connectivity index (χ1) is 12.2. The summed E-state index contributed by atoms with van der Waals surface area (Å²) in [5.41, 5.74) is 3.24. The van der Waals surface area contributed by atoms with Gasteiger partial charge in [0.05, 0.1) is 17.9 Å². The van der Waals surface area contributed by atoms with Crippen molar-refractivity contribution in [3.63, 3.8) is 0 Å². The molecule has 0 unspecified atom stereocenters. The molecule has 25 heavy (non-hydrogen) atoms. The maximum absolute atomic E-state index is 13.2. The number of thioether (sulfide) groups is 1. The molecule has 0 bridgehead atoms. The van der Waals surface area contributed by atoms with Crippen LogP contribution in [0, 0.1) is 5.82 Å². The molecule has 0 atom stereocenters. The van der Waals surface area contributed by atoms with Crippen LogP contribution in [0.15, 0.2) is 59.8 Å². The maximum Gasteiger partial charge on any atom is 0.251 e. The van der Waals surface area contributed by atoms with Gasteiger partial charge in [-0.2, -0.15) is 0 Å². The summed E-state index contributed by atoms with van der Waals surface area (Å²) in [6.07, 6.45) is 0. The molecule has 0 radical (unpaired) electrons. The number of hydrogen-bond donors (Lipinski definition) is 1. The molecule has 126 valence electrons. The minimum absolute atomic E-state index is 0.119. The highest BCUT2D eigenvalue weighted by Gasteiger charge is 2.23. The summed E-state index contributed by atoms with van der Waals surface area (Å²) >= 11 is 1.70. The van der Waals surface area contributed by atoms with Gasteiger partial charge in [-0.25, -0.2) is 9.37 Å². The third-order valence-electron chi connectivity index (χ3n) is 4.15. The number of benzene rings is 2. The maximum atomic E-state index is 13.2. The molecule has 1 amide bonds. The average Bonchev–Trinajstić information content (AvgIpc) is 3.23. The monoisotopic (exact) mass is 353 g/mol. The van der Waals surface area contributed by atoms with Gasteiger partial charge >= 0.3 is 0 Å². The van der Waals surface area contributed by atoms with Gasteiger partial charge in [0.25, 0.3) is 5.91 Å². The first-order valence-electron chi connectivity index (χ1n) is 8.04. The van der Waals surface area contributed by atoms with Crippen LogP contribution in [0.25, 0.3) is 11.3 Å². The number of amides is 1. The Labute approximate surface area is 149 Å². The van der Waals surface area contributed by atoms with Crippen molar-refractivity contribution in [1.82, 2.24) is 14.9 Å². The quantitative estimate of drug-likeness (QED) is 0.777. The molecule has 2 heterocycles. The first-order valence-corrected chi connectivity index (χ1v) is 9.02. The molecule has 0 saturated heterocycles. The smallest absolute Gasteiger partial charge is 0.251 e. The minimum atomic E-state index is -0.274. The third-order valence-corrected chi connectivity index (χ3v) is 5.11. The van der Waals surface area contributed by atoms with Gasteiger partial charge in [0, 0.05) is 23.4 Å². The van der Waals surface area contributed by atoms with Crippen molar-refractivity contribution in [2.24, 2.45) is 0 Å². The summed E-state index contributed by atoms with van der Waals surface area (Å²) in [4.78, 5) is 17.0. The number of nitrogens with zero attached hydrogens (tertiary/aromatic N) is 2. The van der Waals surface area contributed by atoms with E-state index in [1.54, 1.807) is 36.0 Å². The van der Waals surface area contributed by atoms with Crippen molar-refractivity contribution in [2.75, 3.05) is 5.75 Å². The molecule has 6 heteroatoms. The Kier molecular flexibility index (Phi) is 4.28. The summed E-state index contributed by atoms with van der Waals surface area (Å²) in [5, 5.41) is 3.92. The Morgan fingerprint density at radius 3 is 2.68 bits per heavy atom. The van der Waals surface area contributed by atoms with Crippen LogP contribution in [0.5, 0.6) is 0 Å². The van der Waals surface area contributed by atoms with Crippen LogP contribution in [0.1, 0.15) is 16.1 Å². The molecule has 0 saturated carbocycles. The molecule has 1 aromatic heterocycles. The largest absolute Gasteiger partial charge is 0.346 e. The van der Waals surface area contributed by atoms with E-state index in [2.05, 4.69) is 9.88 Å². The van der Waals surface area contributed by atoms with E-state index in [0.29, 0.717) is 12.1 Å². The molecule has 1 aliphatic heterocycles. The number of fused-ring (bicyclic) bond motifs is 1. The van der Waals surface area contributed by atoms with E-state index in [-0.39, 0.29) is 11.7 Å². The van der Waals surface area contributed by atoms with Gasteiger partial charge < -0.3 is 9.88 Å². The first kappa shape index (κ1) is 15.9.